The van der Waals surface area contributed by atoms with Crippen LogP contribution in [0, 0.1) is 0 Å². The predicted octanol–water partition coefficient (Wildman–Crippen LogP) is 1.80. The van der Waals surface area contributed by atoms with Crippen LogP contribution in [-0.2, 0) is 0 Å². The Morgan fingerprint density at radius 1 is 1.54 bits per heavy atom. The van der Waals surface area contributed by atoms with Gasteiger partial charge < -0.3 is 10.8 Å². The number of aromatic nitrogens is 1. The van der Waals surface area contributed by atoms with Crippen LogP contribution in [0.2, 0.25) is 5.15 Å². The zero-order valence-electron chi connectivity index (χ0n) is 7.07. The number of aromatic hydroxyl groups is 1. The second kappa shape index (κ2) is 4.84. The molecule has 0 aliphatic heterocycles. The van der Waals surface area contributed by atoms with Gasteiger partial charge in [0, 0.05) is 0 Å². The van der Waals surface area contributed by atoms with Crippen molar-refractivity contribution in [2.75, 3.05) is 6.54 Å². The molecule has 0 spiro atoms. The molecule has 0 unspecified atom stereocenters. The Morgan fingerprint density at radius 2 is 2.31 bits per heavy atom. The smallest absolute Gasteiger partial charge is 0.141 e. The minimum Gasteiger partial charge on any atom is -0.506 e. The van der Waals surface area contributed by atoms with Crippen LogP contribution in [-0.4, -0.2) is 16.6 Å². The summed E-state index contributed by atoms with van der Waals surface area (Å²) >= 11 is 5.65. The zero-order valence-corrected chi connectivity index (χ0v) is 7.83. The highest BCUT2D eigenvalue weighted by Crippen LogP contribution is 2.18. The van der Waals surface area contributed by atoms with Crippen LogP contribution in [0.15, 0.2) is 18.2 Å². The van der Waals surface area contributed by atoms with Gasteiger partial charge >= 0.3 is 0 Å². The van der Waals surface area contributed by atoms with Gasteiger partial charge in [0.05, 0.1) is 0 Å². The van der Waals surface area contributed by atoms with Crippen LogP contribution in [0.25, 0.3) is 6.08 Å². The van der Waals surface area contributed by atoms with E-state index in [-0.39, 0.29) is 5.75 Å². The van der Waals surface area contributed by atoms with Gasteiger partial charge in [-0.2, -0.15) is 0 Å². The molecule has 1 aromatic rings. The average molecular weight is 199 g/mol. The summed E-state index contributed by atoms with van der Waals surface area (Å²) in [6, 6.07) is 3.05. The summed E-state index contributed by atoms with van der Waals surface area (Å²) in [5.74, 6) is 0.123. The van der Waals surface area contributed by atoms with E-state index >= 15 is 0 Å². The Hall–Kier alpha value is -1.06. The largest absolute Gasteiger partial charge is 0.506 e. The summed E-state index contributed by atoms with van der Waals surface area (Å²) in [7, 11) is 0. The monoisotopic (exact) mass is 198 g/mol. The maximum Gasteiger partial charge on any atom is 0.141 e. The van der Waals surface area contributed by atoms with Crippen molar-refractivity contribution in [2.24, 2.45) is 5.73 Å². The molecule has 0 fully saturated rings. The second-order valence-electron chi connectivity index (χ2n) is 2.52. The van der Waals surface area contributed by atoms with Crippen molar-refractivity contribution in [2.45, 2.75) is 6.42 Å². The van der Waals surface area contributed by atoms with Crippen LogP contribution in [0.1, 0.15) is 12.1 Å². The molecule has 3 N–H and O–H groups in total. The fourth-order valence-electron chi connectivity index (χ4n) is 0.857. The van der Waals surface area contributed by atoms with Gasteiger partial charge in [0.15, 0.2) is 0 Å². The number of rotatable bonds is 3. The highest BCUT2D eigenvalue weighted by Gasteiger charge is 1.98. The molecule has 0 aliphatic carbocycles. The fraction of sp³-hybridized carbons (Fsp3) is 0.222. The van der Waals surface area contributed by atoms with Gasteiger partial charge in [-0.3, -0.25) is 0 Å². The van der Waals surface area contributed by atoms with Gasteiger partial charge in [-0.1, -0.05) is 17.7 Å². The van der Waals surface area contributed by atoms with E-state index in [1.165, 1.54) is 12.1 Å². The lowest BCUT2D eigenvalue weighted by molar-refractivity contribution is 0.471. The van der Waals surface area contributed by atoms with E-state index in [1.807, 2.05) is 6.08 Å². The molecule has 1 heterocycles. The first kappa shape index (κ1) is 10.0. The Labute approximate surface area is 81.9 Å². The van der Waals surface area contributed by atoms with Crippen LogP contribution < -0.4 is 5.73 Å². The summed E-state index contributed by atoms with van der Waals surface area (Å²) in [5.41, 5.74) is 5.77. The lowest BCUT2D eigenvalue weighted by atomic mass is 10.3. The molecule has 0 atom stereocenters. The molecule has 1 rings (SSSR count). The number of halogens is 1. The highest BCUT2D eigenvalue weighted by molar-refractivity contribution is 6.29. The summed E-state index contributed by atoms with van der Waals surface area (Å²) in [4.78, 5) is 3.93. The molecule has 1 aromatic heterocycles. The van der Waals surface area contributed by atoms with Crippen molar-refractivity contribution in [3.8, 4) is 5.75 Å². The Morgan fingerprint density at radius 3 is 3.00 bits per heavy atom. The molecule has 0 bridgehead atoms. The maximum atomic E-state index is 9.33. The normalized spacial score (nSPS) is 10.9. The van der Waals surface area contributed by atoms with Crippen LogP contribution >= 0.6 is 11.6 Å². The van der Waals surface area contributed by atoms with Crippen molar-refractivity contribution in [3.63, 3.8) is 0 Å². The minimum atomic E-state index is 0.123. The Kier molecular flexibility index (Phi) is 3.73. The number of hydrogen-bond acceptors (Lipinski definition) is 3. The first-order valence-corrected chi connectivity index (χ1v) is 4.34. The predicted molar refractivity (Wildman–Crippen MR) is 53.6 cm³/mol. The van der Waals surface area contributed by atoms with E-state index in [9.17, 15) is 5.11 Å². The summed E-state index contributed by atoms with van der Waals surface area (Å²) in [6.07, 6.45) is 4.31. The summed E-state index contributed by atoms with van der Waals surface area (Å²) in [6.45, 7) is 0.581. The standard InChI is InChI=1S/C9H11ClN2O/c10-9-5-4-8(13)7(12-9)3-1-2-6-11/h1,3-5,13H,2,6,11H2. The quantitative estimate of drug-likeness (QED) is 0.729. The van der Waals surface area contributed by atoms with Crippen molar-refractivity contribution in [3.05, 3.63) is 29.1 Å². The van der Waals surface area contributed by atoms with Gasteiger partial charge in [-0.05, 0) is 31.2 Å². The Balaban J connectivity index is 2.81. The Bertz CT molecular complexity index is 312. The van der Waals surface area contributed by atoms with Gasteiger partial charge in [-0.25, -0.2) is 4.98 Å². The second-order valence-corrected chi connectivity index (χ2v) is 2.91. The van der Waals surface area contributed by atoms with E-state index in [0.29, 0.717) is 17.4 Å². The third-order valence-electron chi connectivity index (χ3n) is 1.48. The van der Waals surface area contributed by atoms with Gasteiger partial charge in [-0.15, -0.1) is 0 Å². The highest BCUT2D eigenvalue weighted by atomic mass is 35.5. The summed E-state index contributed by atoms with van der Waals surface area (Å²) < 4.78 is 0. The van der Waals surface area contributed by atoms with E-state index in [1.54, 1.807) is 6.08 Å². The van der Waals surface area contributed by atoms with Crippen molar-refractivity contribution in [1.82, 2.24) is 4.98 Å². The van der Waals surface area contributed by atoms with Crippen molar-refractivity contribution in [1.29, 1.82) is 0 Å². The van der Waals surface area contributed by atoms with Crippen LogP contribution in [0.4, 0.5) is 0 Å². The van der Waals surface area contributed by atoms with Gasteiger partial charge in [0.25, 0.3) is 0 Å². The van der Waals surface area contributed by atoms with E-state index < -0.39 is 0 Å². The SMILES string of the molecule is NCCC=Cc1nc(Cl)ccc1O. The molecule has 13 heavy (non-hydrogen) atoms. The number of pyridine rings is 1. The van der Waals surface area contributed by atoms with Crippen molar-refractivity contribution >= 4 is 17.7 Å². The topological polar surface area (TPSA) is 59.1 Å². The van der Waals surface area contributed by atoms with Crippen LogP contribution in [0.3, 0.4) is 0 Å². The number of nitrogens with zero attached hydrogens (tertiary/aromatic N) is 1. The molecule has 0 saturated heterocycles. The molecule has 4 heteroatoms. The number of hydrogen-bond donors (Lipinski definition) is 2. The fourth-order valence-corrected chi connectivity index (χ4v) is 1.01. The van der Waals surface area contributed by atoms with Crippen molar-refractivity contribution < 1.29 is 5.11 Å². The maximum absolute atomic E-state index is 9.33. The molecule has 0 aromatic carbocycles. The molecular formula is C9H11ClN2O. The summed E-state index contributed by atoms with van der Waals surface area (Å²) in [5, 5.41) is 9.70. The van der Waals surface area contributed by atoms with E-state index in [4.69, 9.17) is 17.3 Å². The minimum absolute atomic E-state index is 0.123. The zero-order chi connectivity index (χ0) is 9.68. The average Bonchev–Trinajstić information content (AvgIpc) is 2.11. The number of nitrogens with two attached hydrogens (primary N) is 1. The molecule has 0 amide bonds. The molecule has 0 aliphatic rings. The molecule has 70 valence electrons. The molecule has 3 nitrogen and oxygen atoms in total. The van der Waals surface area contributed by atoms with E-state index in [0.717, 1.165) is 6.42 Å². The third-order valence-corrected chi connectivity index (χ3v) is 1.69. The molecule has 0 radical (unpaired) electrons. The first-order valence-electron chi connectivity index (χ1n) is 3.96. The van der Waals surface area contributed by atoms with E-state index in [2.05, 4.69) is 4.98 Å². The first-order chi connectivity index (χ1) is 6.24. The molecule has 0 saturated carbocycles. The van der Waals surface area contributed by atoms with Gasteiger partial charge in [0.2, 0.25) is 0 Å². The molecular weight excluding hydrogens is 188 g/mol. The van der Waals surface area contributed by atoms with Crippen LogP contribution in [0.5, 0.6) is 5.75 Å². The third kappa shape index (κ3) is 3.05. The lowest BCUT2D eigenvalue weighted by Gasteiger charge is -1.97. The van der Waals surface area contributed by atoms with Gasteiger partial charge in [0.1, 0.15) is 16.6 Å². The lowest BCUT2D eigenvalue weighted by Crippen LogP contribution is -1.95.